The summed E-state index contributed by atoms with van der Waals surface area (Å²) in [6.07, 6.45) is 6.03. The summed E-state index contributed by atoms with van der Waals surface area (Å²) in [5.74, 6) is -1.69. The molecule has 1 aromatic carbocycles. The molecule has 2 N–H and O–H groups in total. The van der Waals surface area contributed by atoms with Crippen molar-refractivity contribution in [3.8, 4) is 5.75 Å². The number of H-pyrrole nitrogens is 1. The average molecular weight is 1200 g/mol. The van der Waals surface area contributed by atoms with E-state index in [1.165, 1.54) is 18.6 Å². The number of nitrogens with zero attached hydrogens (tertiary/aromatic N) is 13. The van der Waals surface area contributed by atoms with Crippen molar-refractivity contribution in [1.82, 2.24) is 59.6 Å². The first-order valence-electron chi connectivity index (χ1n) is 29.6. The molecule has 0 aliphatic carbocycles. The van der Waals surface area contributed by atoms with E-state index in [0.717, 1.165) is 11.3 Å². The van der Waals surface area contributed by atoms with Gasteiger partial charge in [-0.15, -0.1) is 0 Å². The number of anilines is 4. The fourth-order valence-corrected chi connectivity index (χ4v) is 12.9. The Morgan fingerprint density at radius 1 is 0.847 bits per heavy atom. The standard InChI is InChI=1S/C60H85F2N15O7S/c1-14-16-60(61,62)43-25-47-51(63-30-43)59(12,13)36-77(47)50(78)35-75-32-39(3)76(56(80)84-57(6,7)8)34-44(75)33-73-22-23-74(31-38(73)2)55-64-28-42(29-65-55)54(79)72-20-18-71(19-21-72)17-15-24-83-48-27-46-45(26-49(48)85(81,82)58(9,10)11)53(67-37-66-46)68-52-40(4)41(5)69-70-52/h25-30,37-39,44H,14-24,31-36H2,1-13H3,(H2,66,67,68,69,70)/t38?,39-,44+/m1/s1. The molecular weight excluding hydrogens is 1110 g/mol. The number of benzene rings is 1. The van der Waals surface area contributed by atoms with Crippen LogP contribution in [0.5, 0.6) is 5.75 Å². The zero-order valence-corrected chi connectivity index (χ0v) is 52.4. The lowest BCUT2D eigenvalue weighted by molar-refractivity contribution is -0.121. The van der Waals surface area contributed by atoms with Crippen LogP contribution in [0, 0.1) is 13.8 Å². The second-order valence-electron chi connectivity index (χ2n) is 26.0. The molecule has 0 radical (unpaired) electrons. The number of rotatable bonds is 17. The Bertz CT molecular complexity index is 3360. The first kappa shape index (κ1) is 62.8. The molecule has 25 heteroatoms. The Labute approximate surface area is 498 Å². The molecule has 0 bridgehead atoms. The molecular formula is C60H85F2N15O7S. The number of fused-ring (bicyclic) bond motifs is 2. The number of aryl methyl sites for hydroxylation is 1. The van der Waals surface area contributed by atoms with Gasteiger partial charge in [0, 0.05) is 155 Å². The second kappa shape index (κ2) is 24.6. The molecule has 9 rings (SSSR count). The molecule has 4 aliphatic heterocycles. The van der Waals surface area contributed by atoms with Gasteiger partial charge in [-0.05, 0) is 87.8 Å². The van der Waals surface area contributed by atoms with Crippen LogP contribution in [0.15, 0.2) is 48.0 Å². The monoisotopic (exact) mass is 1200 g/mol. The lowest BCUT2D eigenvalue weighted by Crippen LogP contribution is -2.65. The van der Waals surface area contributed by atoms with E-state index in [1.54, 1.807) is 62.0 Å². The summed E-state index contributed by atoms with van der Waals surface area (Å²) < 4.78 is 69.5. The van der Waals surface area contributed by atoms with Crippen LogP contribution < -0.4 is 19.9 Å². The molecule has 85 heavy (non-hydrogen) atoms. The molecule has 3 atom stereocenters. The third-order valence-corrected chi connectivity index (χ3v) is 19.3. The predicted molar refractivity (Wildman–Crippen MR) is 322 cm³/mol. The molecule has 5 aromatic rings. The zero-order chi connectivity index (χ0) is 61.6. The maximum Gasteiger partial charge on any atom is 0.410 e. The number of aromatic nitrogens is 7. The van der Waals surface area contributed by atoms with Crippen LogP contribution in [0.25, 0.3) is 10.9 Å². The summed E-state index contributed by atoms with van der Waals surface area (Å²) >= 11 is 0. The maximum atomic E-state index is 15.2. The number of amides is 3. The van der Waals surface area contributed by atoms with Crippen molar-refractivity contribution in [1.29, 1.82) is 0 Å². The number of ether oxygens (including phenoxy) is 2. The minimum absolute atomic E-state index is 0.0174. The minimum atomic E-state index is -3.86. The van der Waals surface area contributed by atoms with Crippen LogP contribution in [0.3, 0.4) is 0 Å². The zero-order valence-electron chi connectivity index (χ0n) is 51.6. The highest BCUT2D eigenvalue weighted by atomic mass is 32.2. The molecule has 1 unspecified atom stereocenters. The molecule has 462 valence electrons. The number of carbonyl (C=O) groups is 3. The van der Waals surface area contributed by atoms with Gasteiger partial charge in [-0.25, -0.2) is 41.9 Å². The SMILES string of the molecule is CCCC(F)(F)c1cnc2c(c1)N(C(=O)CN1C[C@@H](C)N(C(=O)OC(C)(C)C)C[C@@H]1CN1CCN(c3ncc(C(=O)N4CCN(CCCOc5cc6ncnc(Nc7n[nH]c(C)c7C)c6cc5S(=O)(=O)C(C)(C)C)CC4)cn3)CC1C)CC2(C)C. The van der Waals surface area contributed by atoms with Gasteiger partial charge in [0.05, 0.1) is 40.4 Å². The van der Waals surface area contributed by atoms with Crippen molar-refractivity contribution in [3.63, 3.8) is 0 Å². The van der Waals surface area contributed by atoms with Gasteiger partial charge in [-0.1, -0.05) is 27.2 Å². The van der Waals surface area contributed by atoms with E-state index in [1.807, 2.05) is 60.3 Å². The Kier molecular flexibility index (Phi) is 18.2. The average Bonchev–Trinajstić information content (AvgIpc) is 1.97. The molecule has 4 aliphatic rings. The number of alkyl halides is 2. The first-order chi connectivity index (χ1) is 39.9. The smallest absolute Gasteiger partial charge is 0.410 e. The fraction of sp³-hybridized carbons (Fsp3) is 0.617. The number of hydrogen-bond acceptors (Lipinski definition) is 18. The minimum Gasteiger partial charge on any atom is -0.492 e. The number of halogens is 2. The van der Waals surface area contributed by atoms with Crippen LogP contribution in [-0.2, 0) is 30.7 Å². The van der Waals surface area contributed by atoms with E-state index in [9.17, 15) is 22.8 Å². The van der Waals surface area contributed by atoms with Gasteiger partial charge in [0.2, 0.25) is 11.9 Å². The van der Waals surface area contributed by atoms with Gasteiger partial charge >= 0.3 is 6.09 Å². The third kappa shape index (κ3) is 13.8. The van der Waals surface area contributed by atoms with Gasteiger partial charge in [0.15, 0.2) is 15.7 Å². The number of hydrogen-bond donors (Lipinski definition) is 2. The molecule has 0 saturated carbocycles. The normalized spacial score (nSPS) is 20.2. The highest BCUT2D eigenvalue weighted by molar-refractivity contribution is 7.92. The summed E-state index contributed by atoms with van der Waals surface area (Å²) in [4.78, 5) is 78.8. The Morgan fingerprint density at radius 2 is 1.56 bits per heavy atom. The van der Waals surface area contributed by atoms with E-state index >= 15 is 8.78 Å². The molecule has 8 heterocycles. The number of sulfone groups is 1. The van der Waals surface area contributed by atoms with Crippen molar-refractivity contribution in [3.05, 3.63) is 71.2 Å². The number of pyridine rings is 1. The Balaban J connectivity index is 0.785. The lowest BCUT2D eigenvalue weighted by atomic mass is 9.91. The van der Waals surface area contributed by atoms with E-state index in [0.29, 0.717) is 137 Å². The van der Waals surface area contributed by atoms with Crippen molar-refractivity contribution >= 4 is 61.9 Å². The highest BCUT2D eigenvalue weighted by Gasteiger charge is 2.45. The number of carbonyl (C=O) groups excluding carboxylic acids is 3. The summed E-state index contributed by atoms with van der Waals surface area (Å²) in [6, 6.07) is 4.17. The van der Waals surface area contributed by atoms with Crippen molar-refractivity contribution < 1.29 is 41.1 Å². The van der Waals surface area contributed by atoms with Gasteiger partial charge in [-0.2, -0.15) is 5.10 Å². The largest absolute Gasteiger partial charge is 0.492 e. The van der Waals surface area contributed by atoms with Crippen molar-refractivity contribution in [2.45, 2.75) is 154 Å². The molecule has 3 amide bonds. The number of nitrogens with one attached hydrogen (secondary N) is 2. The molecule has 4 aromatic heterocycles. The number of piperazine rings is 3. The van der Waals surface area contributed by atoms with Crippen LogP contribution in [0.2, 0.25) is 0 Å². The number of aromatic amines is 1. The van der Waals surface area contributed by atoms with Gasteiger partial charge in [0.1, 0.15) is 28.4 Å². The van der Waals surface area contributed by atoms with Gasteiger partial charge < -0.3 is 34.4 Å². The Morgan fingerprint density at radius 3 is 2.21 bits per heavy atom. The van der Waals surface area contributed by atoms with Crippen LogP contribution in [0.1, 0.15) is 128 Å². The maximum absolute atomic E-state index is 15.2. The van der Waals surface area contributed by atoms with Crippen LogP contribution in [0.4, 0.5) is 36.8 Å². The van der Waals surface area contributed by atoms with E-state index < -0.39 is 37.6 Å². The van der Waals surface area contributed by atoms with E-state index in [2.05, 4.69) is 67.0 Å². The summed E-state index contributed by atoms with van der Waals surface area (Å²) in [7, 11) is -3.86. The van der Waals surface area contributed by atoms with Crippen molar-refractivity contribution in [2.24, 2.45) is 0 Å². The lowest BCUT2D eigenvalue weighted by Gasteiger charge is -2.48. The molecule has 22 nitrogen and oxygen atoms in total. The summed E-state index contributed by atoms with van der Waals surface area (Å²) in [5.41, 5.74) is 2.32. The van der Waals surface area contributed by atoms with Crippen LogP contribution >= 0.6 is 0 Å². The summed E-state index contributed by atoms with van der Waals surface area (Å²) in [5, 5.41) is 11.0. The molecule has 0 spiro atoms. The van der Waals surface area contributed by atoms with Crippen molar-refractivity contribution in [2.75, 3.05) is 107 Å². The van der Waals surface area contributed by atoms with E-state index in [-0.39, 0.29) is 65.7 Å². The Hall–Kier alpha value is -6.70. The van der Waals surface area contributed by atoms with Gasteiger partial charge in [-0.3, -0.25) is 34.4 Å². The first-order valence-corrected chi connectivity index (χ1v) is 31.1. The fourth-order valence-electron chi connectivity index (χ4n) is 11.6. The quantitative estimate of drug-likeness (QED) is 0.0848. The summed E-state index contributed by atoms with van der Waals surface area (Å²) in [6.45, 7) is 30.7. The highest BCUT2D eigenvalue weighted by Crippen LogP contribution is 2.43. The van der Waals surface area contributed by atoms with Gasteiger partial charge in [0.25, 0.3) is 11.8 Å². The van der Waals surface area contributed by atoms with Crippen LogP contribution in [-0.4, -0.2) is 206 Å². The van der Waals surface area contributed by atoms with E-state index in [4.69, 9.17) is 9.47 Å². The topological polar surface area (TPSA) is 232 Å². The third-order valence-electron chi connectivity index (χ3n) is 16.8. The second-order valence-corrected chi connectivity index (χ2v) is 28.6. The molecule has 3 saturated heterocycles. The predicted octanol–water partition coefficient (Wildman–Crippen LogP) is 7.73. The molecule has 3 fully saturated rings.